The number of carbonyl (C=O) groups is 3. The number of carbonyl (C=O) groups excluding carboxylic acids is 2. The van der Waals surface area contributed by atoms with E-state index in [0.717, 1.165) is 6.26 Å². The molecule has 0 saturated carbocycles. The van der Waals surface area contributed by atoms with Gasteiger partial charge >= 0.3 is 5.97 Å². The lowest BCUT2D eigenvalue weighted by Crippen LogP contribution is -2.55. The van der Waals surface area contributed by atoms with Crippen molar-refractivity contribution >= 4 is 17.8 Å². The Morgan fingerprint density at radius 3 is 2.62 bits per heavy atom. The molecule has 8 nitrogen and oxygen atoms in total. The van der Waals surface area contributed by atoms with Crippen LogP contribution in [0.3, 0.4) is 0 Å². The minimum absolute atomic E-state index is 0.0183. The fourth-order valence-electron chi connectivity index (χ4n) is 1.74. The number of rotatable bonds is 5. The van der Waals surface area contributed by atoms with E-state index in [9.17, 15) is 14.4 Å². The van der Waals surface area contributed by atoms with E-state index in [2.05, 4.69) is 0 Å². The van der Waals surface area contributed by atoms with Crippen molar-refractivity contribution in [3.05, 3.63) is 23.7 Å². The lowest BCUT2D eigenvalue weighted by atomic mass is 10.1. The molecule has 0 aromatic carbocycles. The van der Waals surface area contributed by atoms with Crippen LogP contribution in [0.4, 0.5) is 0 Å². The van der Waals surface area contributed by atoms with Gasteiger partial charge in [-0.3, -0.25) is 9.59 Å². The first-order valence-corrected chi connectivity index (χ1v) is 6.31. The van der Waals surface area contributed by atoms with Crippen molar-refractivity contribution < 1.29 is 28.6 Å². The summed E-state index contributed by atoms with van der Waals surface area (Å²) in [5.74, 6) is -1.70. The molecule has 2 rings (SSSR count). The van der Waals surface area contributed by atoms with Crippen LogP contribution in [-0.2, 0) is 9.53 Å². The summed E-state index contributed by atoms with van der Waals surface area (Å²) in [7, 11) is 3.28. The van der Waals surface area contributed by atoms with Crippen molar-refractivity contribution in [1.82, 2.24) is 9.80 Å². The molecule has 2 heterocycles. The zero-order chi connectivity index (χ0) is 15.6. The Labute approximate surface area is 120 Å². The van der Waals surface area contributed by atoms with E-state index in [1.165, 1.54) is 15.9 Å². The largest absolute Gasteiger partial charge is 0.478 e. The van der Waals surface area contributed by atoms with E-state index in [0.29, 0.717) is 13.1 Å². The van der Waals surface area contributed by atoms with E-state index >= 15 is 0 Å². The highest BCUT2D eigenvalue weighted by Crippen LogP contribution is 2.17. The van der Waals surface area contributed by atoms with E-state index < -0.39 is 5.97 Å². The van der Waals surface area contributed by atoms with E-state index in [1.807, 2.05) is 0 Å². The van der Waals surface area contributed by atoms with Gasteiger partial charge in [0.1, 0.15) is 12.9 Å². The third kappa shape index (κ3) is 3.40. The van der Waals surface area contributed by atoms with Crippen LogP contribution in [0.2, 0.25) is 0 Å². The van der Waals surface area contributed by atoms with E-state index in [1.54, 1.807) is 14.1 Å². The van der Waals surface area contributed by atoms with Crippen molar-refractivity contribution in [2.75, 3.05) is 33.8 Å². The molecular weight excluding hydrogens is 280 g/mol. The third-order valence-electron chi connectivity index (χ3n) is 3.13. The van der Waals surface area contributed by atoms with Gasteiger partial charge in [0.2, 0.25) is 5.91 Å². The normalized spacial score (nSPS) is 14.7. The fourth-order valence-corrected chi connectivity index (χ4v) is 1.74. The number of amides is 2. The van der Waals surface area contributed by atoms with Crippen molar-refractivity contribution in [2.45, 2.75) is 6.10 Å². The molecule has 1 saturated heterocycles. The Morgan fingerprint density at radius 1 is 1.43 bits per heavy atom. The Morgan fingerprint density at radius 2 is 2.10 bits per heavy atom. The maximum absolute atomic E-state index is 12.0. The molecule has 0 aliphatic carbocycles. The molecule has 21 heavy (non-hydrogen) atoms. The smallest absolute Gasteiger partial charge is 0.338 e. The summed E-state index contributed by atoms with van der Waals surface area (Å²) in [6.07, 6.45) is 0.839. The van der Waals surface area contributed by atoms with Gasteiger partial charge in [-0.25, -0.2) is 4.79 Å². The summed E-state index contributed by atoms with van der Waals surface area (Å²) >= 11 is 0. The van der Waals surface area contributed by atoms with Gasteiger partial charge in [0, 0.05) is 33.3 Å². The van der Waals surface area contributed by atoms with Crippen molar-refractivity contribution in [3.63, 3.8) is 0 Å². The van der Waals surface area contributed by atoms with Gasteiger partial charge in [0.05, 0.1) is 11.7 Å². The number of carboxylic acids is 1. The van der Waals surface area contributed by atoms with Crippen LogP contribution in [0, 0.1) is 0 Å². The number of furan rings is 1. The Balaban J connectivity index is 1.79. The average Bonchev–Trinajstić information content (AvgIpc) is 2.85. The van der Waals surface area contributed by atoms with Crippen LogP contribution in [0.15, 0.2) is 16.7 Å². The van der Waals surface area contributed by atoms with Gasteiger partial charge < -0.3 is 24.1 Å². The maximum Gasteiger partial charge on any atom is 0.338 e. The predicted octanol–water partition coefficient (Wildman–Crippen LogP) is -0.0930. The molecule has 8 heteroatoms. The summed E-state index contributed by atoms with van der Waals surface area (Å²) in [6, 6.07) is 1.19. The van der Waals surface area contributed by atoms with Crippen molar-refractivity contribution in [3.8, 4) is 0 Å². The molecule has 0 bridgehead atoms. The standard InChI is InChI=1S/C13H16N2O6/c1-14(2)11(16)7-20-9-4-15(5-9)12(17)10-3-8(6-21-10)13(18)19/h3,6,9H,4-5,7H2,1-2H3,(H,18,19). The summed E-state index contributed by atoms with van der Waals surface area (Å²) in [5.41, 5.74) is -0.0664. The lowest BCUT2D eigenvalue weighted by Gasteiger charge is -2.38. The highest BCUT2D eigenvalue weighted by Gasteiger charge is 2.34. The maximum atomic E-state index is 12.0. The van der Waals surface area contributed by atoms with Crippen molar-refractivity contribution in [1.29, 1.82) is 0 Å². The average molecular weight is 296 g/mol. The minimum Gasteiger partial charge on any atom is -0.478 e. The number of hydrogen-bond donors (Lipinski definition) is 1. The van der Waals surface area contributed by atoms with Gasteiger partial charge in [-0.05, 0) is 0 Å². The molecule has 114 valence electrons. The second-order valence-electron chi connectivity index (χ2n) is 4.94. The van der Waals surface area contributed by atoms with Gasteiger partial charge in [-0.1, -0.05) is 0 Å². The summed E-state index contributed by atoms with van der Waals surface area (Å²) in [4.78, 5) is 36.9. The molecule has 0 radical (unpaired) electrons. The number of likely N-dealkylation sites (N-methyl/N-ethyl adjacent to an activating group) is 1. The molecule has 1 N–H and O–H groups in total. The molecule has 1 aliphatic rings. The van der Waals surface area contributed by atoms with Gasteiger partial charge in [0.15, 0.2) is 5.76 Å². The number of nitrogens with zero attached hydrogens (tertiary/aromatic N) is 2. The third-order valence-corrected chi connectivity index (χ3v) is 3.13. The van der Waals surface area contributed by atoms with Crippen LogP contribution in [0.25, 0.3) is 0 Å². The Kier molecular flexibility index (Phi) is 4.27. The Hall–Kier alpha value is -2.35. The topological polar surface area (TPSA) is 100 Å². The molecule has 2 amide bonds. The van der Waals surface area contributed by atoms with Crippen LogP contribution in [0.5, 0.6) is 0 Å². The van der Waals surface area contributed by atoms with Crippen LogP contribution < -0.4 is 0 Å². The molecule has 0 atom stereocenters. The number of carboxylic acid groups (broad SMARTS) is 1. The quantitative estimate of drug-likeness (QED) is 0.815. The van der Waals surface area contributed by atoms with E-state index in [-0.39, 0.29) is 35.8 Å². The monoisotopic (exact) mass is 296 g/mol. The fraction of sp³-hybridized carbons (Fsp3) is 0.462. The molecule has 1 aromatic rings. The molecule has 1 aliphatic heterocycles. The number of aromatic carboxylic acids is 1. The summed E-state index contributed by atoms with van der Waals surface area (Å²) in [5, 5.41) is 8.76. The molecule has 1 fully saturated rings. The van der Waals surface area contributed by atoms with Gasteiger partial charge in [0.25, 0.3) is 5.91 Å². The van der Waals surface area contributed by atoms with Crippen LogP contribution in [0.1, 0.15) is 20.9 Å². The molecular formula is C13H16N2O6. The number of ether oxygens (including phenoxy) is 1. The zero-order valence-electron chi connectivity index (χ0n) is 11.7. The molecule has 1 aromatic heterocycles. The summed E-state index contributed by atoms with van der Waals surface area (Å²) in [6.45, 7) is 0.676. The van der Waals surface area contributed by atoms with Crippen LogP contribution >= 0.6 is 0 Å². The van der Waals surface area contributed by atoms with Crippen LogP contribution in [-0.4, -0.2) is 72.6 Å². The van der Waals surface area contributed by atoms with Gasteiger partial charge in [-0.2, -0.15) is 0 Å². The van der Waals surface area contributed by atoms with E-state index in [4.69, 9.17) is 14.3 Å². The number of likely N-dealkylation sites (tertiary alicyclic amines) is 1. The highest BCUT2D eigenvalue weighted by molar-refractivity contribution is 5.95. The first-order valence-electron chi connectivity index (χ1n) is 6.31. The summed E-state index contributed by atoms with van der Waals surface area (Å²) < 4.78 is 10.3. The molecule has 0 spiro atoms. The SMILES string of the molecule is CN(C)C(=O)COC1CN(C(=O)c2cc(C(=O)O)co2)C1. The highest BCUT2D eigenvalue weighted by atomic mass is 16.5. The van der Waals surface area contributed by atoms with Crippen molar-refractivity contribution in [2.24, 2.45) is 0 Å². The second-order valence-corrected chi connectivity index (χ2v) is 4.94. The first-order chi connectivity index (χ1) is 9.88. The zero-order valence-corrected chi connectivity index (χ0v) is 11.7. The second kappa shape index (κ2) is 5.96. The molecule has 0 unspecified atom stereocenters. The first kappa shape index (κ1) is 15.0. The number of hydrogen-bond acceptors (Lipinski definition) is 5. The Bertz CT molecular complexity index is 559. The lowest BCUT2D eigenvalue weighted by molar-refractivity contribution is -0.138. The minimum atomic E-state index is -1.15. The predicted molar refractivity (Wildman–Crippen MR) is 70.0 cm³/mol. The van der Waals surface area contributed by atoms with Gasteiger partial charge in [-0.15, -0.1) is 0 Å².